The number of aryl methyl sites for hydroxylation is 1. The van der Waals surface area contributed by atoms with Crippen LogP contribution in [0.1, 0.15) is 5.56 Å². The summed E-state index contributed by atoms with van der Waals surface area (Å²) in [5.41, 5.74) is -2.54. The second-order valence-electron chi connectivity index (χ2n) is 4.41. The van der Waals surface area contributed by atoms with Crippen LogP contribution in [0.2, 0.25) is 0 Å². The predicted octanol–water partition coefficient (Wildman–Crippen LogP) is -1.19. The summed E-state index contributed by atoms with van der Waals surface area (Å²) in [4.78, 5) is 24.3. The van der Waals surface area contributed by atoms with Crippen molar-refractivity contribution in [1.82, 2.24) is 9.55 Å². The molecule has 1 saturated heterocycles. The summed E-state index contributed by atoms with van der Waals surface area (Å²) < 4.78 is 46.3. The molecule has 2 rings (SSSR count). The van der Waals surface area contributed by atoms with Crippen molar-refractivity contribution in [2.75, 3.05) is 6.61 Å². The Labute approximate surface area is 109 Å². The number of rotatable bonds is 2. The maximum atomic E-state index is 14.5. The summed E-state index contributed by atoms with van der Waals surface area (Å²) >= 11 is 0. The van der Waals surface area contributed by atoms with Gasteiger partial charge >= 0.3 is 17.6 Å². The Bertz CT molecular complexity index is 643. The lowest BCUT2D eigenvalue weighted by molar-refractivity contribution is -0.297. The van der Waals surface area contributed by atoms with Gasteiger partial charge in [-0.15, -0.1) is 0 Å². The molecule has 1 aliphatic heterocycles. The molecule has 0 aliphatic carbocycles. The van der Waals surface area contributed by atoms with Gasteiger partial charge in [0.05, 0.1) is 6.61 Å². The lowest BCUT2D eigenvalue weighted by Gasteiger charge is -2.27. The van der Waals surface area contributed by atoms with Crippen molar-refractivity contribution in [2.45, 2.75) is 31.0 Å². The molecule has 0 amide bonds. The normalized spacial score (nSPS) is 32.5. The lowest BCUT2D eigenvalue weighted by atomic mass is 10.1. The van der Waals surface area contributed by atoms with Gasteiger partial charge in [0.2, 0.25) is 0 Å². The Morgan fingerprint density at radius 2 is 2.05 bits per heavy atom. The van der Waals surface area contributed by atoms with E-state index in [1.54, 1.807) is 4.98 Å². The fraction of sp³-hybridized carbons (Fsp3) is 0.600. The molecule has 0 saturated carbocycles. The van der Waals surface area contributed by atoms with Crippen LogP contribution < -0.4 is 11.2 Å². The van der Waals surface area contributed by atoms with E-state index in [2.05, 4.69) is 4.74 Å². The van der Waals surface area contributed by atoms with Crippen molar-refractivity contribution in [3.8, 4) is 0 Å². The van der Waals surface area contributed by atoms with Gasteiger partial charge < -0.3 is 14.9 Å². The zero-order valence-corrected chi connectivity index (χ0v) is 10.1. The molecule has 1 aromatic heterocycles. The van der Waals surface area contributed by atoms with E-state index in [9.17, 15) is 27.9 Å². The highest BCUT2D eigenvalue weighted by atomic mass is 19.3. The maximum Gasteiger partial charge on any atom is 0.365 e. The van der Waals surface area contributed by atoms with Crippen LogP contribution in [0.15, 0.2) is 15.8 Å². The van der Waals surface area contributed by atoms with Crippen LogP contribution in [0.3, 0.4) is 0 Å². The molecule has 0 radical (unpaired) electrons. The molecule has 3 N–H and O–H groups in total. The van der Waals surface area contributed by atoms with E-state index in [1.807, 2.05) is 0 Å². The van der Waals surface area contributed by atoms with Gasteiger partial charge in [0, 0.05) is 11.8 Å². The fourth-order valence-corrected chi connectivity index (χ4v) is 1.89. The van der Waals surface area contributed by atoms with Crippen LogP contribution in [0, 0.1) is 6.92 Å². The van der Waals surface area contributed by atoms with Crippen molar-refractivity contribution in [1.29, 1.82) is 0 Å². The third-order valence-electron chi connectivity index (χ3n) is 3.05. The van der Waals surface area contributed by atoms with E-state index >= 15 is 0 Å². The summed E-state index contributed by atoms with van der Waals surface area (Å²) in [5.74, 6) is -8.50. The number of hydrogen-bond acceptors (Lipinski definition) is 5. The number of halogens is 3. The number of hydrogen-bond donors (Lipinski definition) is 3. The number of aliphatic hydroxyl groups is 2. The highest BCUT2D eigenvalue weighted by molar-refractivity contribution is 5.07. The van der Waals surface area contributed by atoms with Crippen molar-refractivity contribution >= 4 is 0 Å². The number of aliphatic hydroxyl groups excluding tert-OH is 2. The Hall–Kier alpha value is -1.65. The fourth-order valence-electron chi connectivity index (χ4n) is 1.89. The number of aromatic nitrogens is 2. The van der Waals surface area contributed by atoms with Gasteiger partial charge in [0.25, 0.3) is 5.56 Å². The van der Waals surface area contributed by atoms with Crippen LogP contribution in [0.4, 0.5) is 13.2 Å². The molecule has 1 aliphatic rings. The molecule has 0 aromatic carbocycles. The van der Waals surface area contributed by atoms with Crippen LogP contribution in [0.25, 0.3) is 0 Å². The number of aromatic amines is 1. The van der Waals surface area contributed by atoms with Gasteiger partial charge in [-0.25, -0.2) is 9.36 Å². The topological polar surface area (TPSA) is 105 Å². The molecule has 2 heterocycles. The van der Waals surface area contributed by atoms with Gasteiger partial charge in [-0.1, -0.05) is 0 Å². The summed E-state index contributed by atoms with van der Waals surface area (Å²) in [6, 6.07) is 0. The molecule has 7 nitrogen and oxygen atoms in total. The lowest BCUT2D eigenvalue weighted by Crippen LogP contribution is -2.53. The van der Waals surface area contributed by atoms with Gasteiger partial charge in [0.1, 0.15) is 6.10 Å². The molecular weight excluding hydrogens is 285 g/mol. The smallest absolute Gasteiger partial charge is 0.365 e. The van der Waals surface area contributed by atoms with Gasteiger partial charge in [-0.2, -0.15) is 13.2 Å². The number of alkyl halides is 3. The van der Waals surface area contributed by atoms with Crippen molar-refractivity contribution < 1.29 is 28.1 Å². The largest absolute Gasteiger partial charge is 0.394 e. The van der Waals surface area contributed by atoms with Gasteiger partial charge in [-0.05, 0) is 6.92 Å². The minimum atomic E-state index is -4.49. The molecular formula is C10H11F3N2O5. The van der Waals surface area contributed by atoms with Crippen LogP contribution in [-0.2, 0) is 10.7 Å². The van der Waals surface area contributed by atoms with Crippen molar-refractivity contribution in [3.05, 3.63) is 32.6 Å². The molecule has 1 fully saturated rings. The number of ether oxygens (including phenoxy) is 1. The van der Waals surface area contributed by atoms with E-state index < -0.39 is 42.0 Å². The maximum absolute atomic E-state index is 14.5. The summed E-state index contributed by atoms with van der Waals surface area (Å²) in [6.07, 6.45) is -3.99. The van der Waals surface area contributed by atoms with E-state index in [0.717, 1.165) is 0 Å². The monoisotopic (exact) mass is 296 g/mol. The summed E-state index contributed by atoms with van der Waals surface area (Å²) in [5, 5.41) is 18.1. The van der Waals surface area contributed by atoms with E-state index in [1.165, 1.54) is 6.92 Å². The van der Waals surface area contributed by atoms with Crippen LogP contribution in [-0.4, -0.2) is 44.5 Å². The Morgan fingerprint density at radius 3 is 2.55 bits per heavy atom. The minimum Gasteiger partial charge on any atom is -0.394 e. The van der Waals surface area contributed by atoms with E-state index in [0.29, 0.717) is 6.20 Å². The van der Waals surface area contributed by atoms with Crippen LogP contribution in [0.5, 0.6) is 0 Å². The molecule has 0 bridgehead atoms. The number of H-pyrrole nitrogens is 1. The van der Waals surface area contributed by atoms with E-state index in [4.69, 9.17) is 5.11 Å². The Morgan fingerprint density at radius 1 is 1.45 bits per heavy atom. The second-order valence-corrected chi connectivity index (χ2v) is 4.41. The highest BCUT2D eigenvalue weighted by Gasteiger charge is 2.71. The average molecular weight is 296 g/mol. The first-order valence-electron chi connectivity index (χ1n) is 5.51. The first kappa shape index (κ1) is 14.8. The Kier molecular flexibility index (Phi) is 3.27. The van der Waals surface area contributed by atoms with Gasteiger partial charge in [-0.3, -0.25) is 9.78 Å². The third-order valence-corrected chi connectivity index (χ3v) is 3.05. The molecule has 0 unspecified atom stereocenters. The van der Waals surface area contributed by atoms with Crippen LogP contribution >= 0.6 is 0 Å². The summed E-state index contributed by atoms with van der Waals surface area (Å²) in [7, 11) is 0. The zero-order valence-electron chi connectivity index (χ0n) is 10.1. The molecule has 10 heteroatoms. The molecule has 0 spiro atoms. The zero-order chi connectivity index (χ0) is 15.3. The van der Waals surface area contributed by atoms with E-state index in [-0.39, 0.29) is 10.1 Å². The molecule has 20 heavy (non-hydrogen) atoms. The summed E-state index contributed by atoms with van der Waals surface area (Å²) in [6.45, 7) is 0.102. The first-order valence-corrected chi connectivity index (χ1v) is 5.51. The predicted molar refractivity (Wildman–Crippen MR) is 58.1 cm³/mol. The number of nitrogens with one attached hydrogen (secondary N) is 1. The Balaban J connectivity index is 2.65. The van der Waals surface area contributed by atoms with Crippen molar-refractivity contribution in [2.24, 2.45) is 0 Å². The number of nitrogens with zero attached hydrogens (tertiary/aromatic N) is 1. The first-order chi connectivity index (χ1) is 9.15. The quantitative estimate of drug-likeness (QED) is 0.637. The minimum absolute atomic E-state index is 0.150. The standard InChI is InChI=1S/C10H11F3N2O5/c1-4-2-15(8(19)14-7(4)18)10(13)9(11,12)6(17)5(3-16)20-10/h2,5-6,16-17H,3H2,1H3,(H,14,18,19)/t5-,6-,10+/m1/s1. The molecule has 1 aromatic rings. The molecule has 3 atom stereocenters. The average Bonchev–Trinajstić information content (AvgIpc) is 2.55. The highest BCUT2D eigenvalue weighted by Crippen LogP contribution is 2.47. The SMILES string of the molecule is Cc1cn([C@]2(F)O[C@H](CO)[C@@H](O)C2(F)F)c(=O)[nH]c1=O. The molecule has 112 valence electrons. The second kappa shape index (κ2) is 4.43. The van der Waals surface area contributed by atoms with Crippen molar-refractivity contribution in [3.63, 3.8) is 0 Å². The third kappa shape index (κ3) is 1.79. The van der Waals surface area contributed by atoms with Gasteiger partial charge in [0.15, 0.2) is 6.10 Å².